The average Bonchev–Trinajstić information content (AvgIpc) is 3.34. The Hall–Kier alpha value is -3.71. The molecule has 7 heteroatoms. The van der Waals surface area contributed by atoms with Gasteiger partial charge in [0, 0.05) is 27.9 Å². The summed E-state index contributed by atoms with van der Waals surface area (Å²) in [6.07, 6.45) is 3.21. The Morgan fingerprint density at radius 2 is 1.94 bits per heavy atom. The summed E-state index contributed by atoms with van der Waals surface area (Å²) >= 11 is 3.41. The second-order valence-electron chi connectivity index (χ2n) is 8.04. The number of ketones is 1. The molecule has 33 heavy (non-hydrogen) atoms. The molecule has 1 amide bonds. The summed E-state index contributed by atoms with van der Waals surface area (Å²) in [6.45, 7) is 3.81. The lowest BCUT2D eigenvalue weighted by Crippen LogP contribution is -2.31. The monoisotopic (exact) mass is 502 g/mol. The number of aryl methyl sites for hydroxylation is 2. The predicted molar refractivity (Wildman–Crippen MR) is 128 cm³/mol. The van der Waals surface area contributed by atoms with E-state index in [9.17, 15) is 14.7 Å². The predicted octanol–water partition coefficient (Wildman–Crippen LogP) is 5.99. The summed E-state index contributed by atoms with van der Waals surface area (Å²) < 4.78 is 6.64. The van der Waals surface area contributed by atoms with Gasteiger partial charge < -0.3 is 9.52 Å². The Labute approximate surface area is 198 Å². The van der Waals surface area contributed by atoms with E-state index in [1.165, 1.54) is 4.90 Å². The number of fused-ring (bicyclic) bond motifs is 1. The van der Waals surface area contributed by atoms with Gasteiger partial charge in [0.1, 0.15) is 5.58 Å². The number of carbonyl (C=O) groups is 2. The Morgan fingerprint density at radius 1 is 1.12 bits per heavy atom. The summed E-state index contributed by atoms with van der Waals surface area (Å²) in [5.74, 6) is -1.72. The average molecular weight is 503 g/mol. The second-order valence-corrected chi connectivity index (χ2v) is 8.95. The number of hydrogen-bond donors (Lipinski definition) is 1. The van der Waals surface area contributed by atoms with Gasteiger partial charge in [-0.1, -0.05) is 34.1 Å². The van der Waals surface area contributed by atoms with Gasteiger partial charge in [-0.25, -0.2) is 0 Å². The molecule has 1 unspecified atom stereocenters. The molecule has 3 heterocycles. The SMILES string of the molecule is Cc1ccc(C)c(N2C(=O)C(O)=C(C(=O)c3cc4cc(Br)ccc4o3)C2c2cccnc2)c1. The van der Waals surface area contributed by atoms with Crippen molar-refractivity contribution < 1.29 is 19.1 Å². The molecule has 0 aliphatic carbocycles. The van der Waals surface area contributed by atoms with E-state index in [-0.39, 0.29) is 11.3 Å². The van der Waals surface area contributed by atoms with Crippen molar-refractivity contribution in [1.29, 1.82) is 0 Å². The molecule has 0 saturated carbocycles. The first-order valence-electron chi connectivity index (χ1n) is 10.3. The number of aliphatic hydroxyl groups is 1. The fourth-order valence-corrected chi connectivity index (χ4v) is 4.56. The minimum atomic E-state index is -0.848. The maximum atomic E-state index is 13.6. The van der Waals surface area contributed by atoms with E-state index in [2.05, 4.69) is 20.9 Å². The number of halogens is 1. The second kappa shape index (κ2) is 8.01. The third-order valence-corrected chi connectivity index (χ3v) is 6.27. The lowest BCUT2D eigenvalue weighted by atomic mass is 9.95. The first-order chi connectivity index (χ1) is 15.8. The number of Topliss-reactive ketones (excluding diaryl/α,β-unsaturated/α-hetero) is 1. The molecule has 164 valence electrons. The number of aromatic nitrogens is 1. The first kappa shape index (κ1) is 21.2. The van der Waals surface area contributed by atoms with Crippen LogP contribution >= 0.6 is 15.9 Å². The number of anilines is 1. The lowest BCUT2D eigenvalue weighted by Gasteiger charge is -2.28. The zero-order valence-corrected chi connectivity index (χ0v) is 19.5. The fraction of sp³-hybridized carbons (Fsp3) is 0.115. The van der Waals surface area contributed by atoms with E-state index in [4.69, 9.17) is 4.42 Å². The molecule has 0 bridgehead atoms. The number of rotatable bonds is 4. The number of pyridine rings is 1. The van der Waals surface area contributed by atoms with Crippen LogP contribution < -0.4 is 4.90 Å². The van der Waals surface area contributed by atoms with E-state index in [0.29, 0.717) is 16.8 Å². The van der Waals surface area contributed by atoms with E-state index in [1.807, 2.05) is 44.2 Å². The molecule has 4 aromatic rings. The van der Waals surface area contributed by atoms with Crippen molar-refractivity contribution in [3.05, 3.63) is 105 Å². The van der Waals surface area contributed by atoms with Crippen LogP contribution in [0.5, 0.6) is 0 Å². The molecule has 1 aliphatic rings. The Bertz CT molecular complexity index is 1460. The van der Waals surface area contributed by atoms with Gasteiger partial charge >= 0.3 is 0 Å². The van der Waals surface area contributed by atoms with Gasteiger partial charge in [-0.15, -0.1) is 0 Å². The van der Waals surface area contributed by atoms with Gasteiger partial charge in [-0.05, 0) is 66.9 Å². The molecule has 0 fully saturated rings. The lowest BCUT2D eigenvalue weighted by molar-refractivity contribution is -0.117. The van der Waals surface area contributed by atoms with Crippen LogP contribution in [-0.2, 0) is 4.79 Å². The van der Waals surface area contributed by atoms with Crippen LogP contribution in [-0.4, -0.2) is 21.8 Å². The van der Waals surface area contributed by atoms with E-state index in [1.54, 1.807) is 36.7 Å². The van der Waals surface area contributed by atoms with Crippen LogP contribution in [0.1, 0.15) is 33.3 Å². The van der Waals surface area contributed by atoms with Crippen molar-refractivity contribution in [1.82, 2.24) is 4.98 Å². The number of nitrogens with zero attached hydrogens (tertiary/aromatic N) is 2. The minimum Gasteiger partial charge on any atom is -0.503 e. The molecule has 2 aromatic heterocycles. The third-order valence-electron chi connectivity index (χ3n) is 5.78. The van der Waals surface area contributed by atoms with Crippen LogP contribution in [0.15, 0.2) is 87.2 Å². The molecule has 0 radical (unpaired) electrons. The summed E-state index contributed by atoms with van der Waals surface area (Å²) in [5.41, 5.74) is 3.53. The Balaban J connectivity index is 1.68. The molecule has 1 aliphatic heterocycles. The van der Waals surface area contributed by atoms with Crippen molar-refractivity contribution in [2.75, 3.05) is 4.90 Å². The Morgan fingerprint density at radius 3 is 2.70 bits per heavy atom. The first-order valence-corrected chi connectivity index (χ1v) is 11.1. The maximum absolute atomic E-state index is 13.6. The van der Waals surface area contributed by atoms with Gasteiger partial charge in [0.25, 0.3) is 5.91 Å². The fourth-order valence-electron chi connectivity index (χ4n) is 4.18. The molecule has 1 atom stereocenters. The molecule has 1 N–H and O–H groups in total. The topological polar surface area (TPSA) is 83.6 Å². The smallest absolute Gasteiger partial charge is 0.294 e. The number of benzene rings is 2. The van der Waals surface area contributed by atoms with Crippen LogP contribution in [0.4, 0.5) is 5.69 Å². The van der Waals surface area contributed by atoms with E-state index in [0.717, 1.165) is 21.0 Å². The highest BCUT2D eigenvalue weighted by molar-refractivity contribution is 9.10. The summed E-state index contributed by atoms with van der Waals surface area (Å²) in [6, 6.07) is 15.4. The van der Waals surface area contributed by atoms with Gasteiger partial charge in [0.2, 0.25) is 5.78 Å². The largest absolute Gasteiger partial charge is 0.503 e. The number of hydrogen-bond acceptors (Lipinski definition) is 5. The standard InChI is InChI=1S/C26H19BrN2O4/c1-14-5-6-15(2)19(10-14)29-23(16-4-3-9-28-13-16)22(25(31)26(29)32)24(30)21-12-17-11-18(27)7-8-20(17)33-21/h3-13,23,31H,1-2H3. The van der Waals surface area contributed by atoms with E-state index >= 15 is 0 Å². The third kappa shape index (κ3) is 3.54. The minimum absolute atomic E-state index is 0.0352. The summed E-state index contributed by atoms with van der Waals surface area (Å²) in [4.78, 5) is 32.6. The molecule has 6 nitrogen and oxygen atoms in total. The van der Waals surface area contributed by atoms with Gasteiger partial charge in [-0.3, -0.25) is 19.5 Å². The van der Waals surface area contributed by atoms with Crippen LogP contribution in [0.3, 0.4) is 0 Å². The van der Waals surface area contributed by atoms with Gasteiger partial charge in [0.15, 0.2) is 11.5 Å². The van der Waals surface area contributed by atoms with Crippen molar-refractivity contribution in [3.8, 4) is 0 Å². The van der Waals surface area contributed by atoms with Crippen molar-refractivity contribution in [2.45, 2.75) is 19.9 Å². The number of furan rings is 1. The van der Waals surface area contributed by atoms with Crippen molar-refractivity contribution in [2.24, 2.45) is 0 Å². The van der Waals surface area contributed by atoms with Crippen LogP contribution in [0.2, 0.25) is 0 Å². The highest BCUT2D eigenvalue weighted by atomic mass is 79.9. The van der Waals surface area contributed by atoms with Gasteiger partial charge in [-0.2, -0.15) is 0 Å². The number of aliphatic hydroxyl groups excluding tert-OH is 1. The molecule has 0 saturated heterocycles. The molecular formula is C26H19BrN2O4. The molecule has 2 aromatic carbocycles. The molecular weight excluding hydrogens is 484 g/mol. The Kier molecular flexibility index (Phi) is 5.13. The van der Waals surface area contributed by atoms with Gasteiger partial charge in [0.05, 0.1) is 11.6 Å². The van der Waals surface area contributed by atoms with Crippen LogP contribution in [0, 0.1) is 13.8 Å². The van der Waals surface area contributed by atoms with Crippen LogP contribution in [0.25, 0.3) is 11.0 Å². The molecule has 5 rings (SSSR count). The summed E-state index contributed by atoms with van der Waals surface area (Å²) in [5, 5.41) is 11.7. The van der Waals surface area contributed by atoms with Crippen molar-refractivity contribution in [3.63, 3.8) is 0 Å². The zero-order chi connectivity index (χ0) is 23.3. The molecule has 0 spiro atoms. The quantitative estimate of drug-likeness (QED) is 0.346. The van der Waals surface area contributed by atoms with E-state index < -0.39 is 23.5 Å². The maximum Gasteiger partial charge on any atom is 0.294 e. The number of carbonyl (C=O) groups excluding carboxylic acids is 2. The zero-order valence-electron chi connectivity index (χ0n) is 17.9. The highest BCUT2D eigenvalue weighted by Gasteiger charge is 2.45. The highest BCUT2D eigenvalue weighted by Crippen LogP contribution is 2.43. The number of amides is 1. The normalized spacial score (nSPS) is 16.2. The summed E-state index contributed by atoms with van der Waals surface area (Å²) in [7, 11) is 0. The van der Waals surface area contributed by atoms with Crippen molar-refractivity contribution >= 4 is 44.3 Å².